The minimum atomic E-state index is -4.49. The average molecular weight is 744 g/mol. The van der Waals surface area contributed by atoms with Gasteiger partial charge in [0.25, 0.3) is 0 Å². The van der Waals surface area contributed by atoms with E-state index >= 15 is 17.6 Å². The van der Waals surface area contributed by atoms with Crippen molar-refractivity contribution in [2.75, 3.05) is 0 Å². The summed E-state index contributed by atoms with van der Waals surface area (Å²) in [4.78, 5) is 0. The maximum absolute atomic E-state index is 15.3. The molecule has 0 spiro atoms. The van der Waals surface area contributed by atoms with Crippen LogP contribution < -0.4 is 15.3 Å². The Balaban J connectivity index is 1.86. The van der Waals surface area contributed by atoms with Crippen LogP contribution in [0.15, 0.2) is 60.7 Å². The molecule has 0 aromatic heterocycles. The van der Waals surface area contributed by atoms with Crippen molar-refractivity contribution in [1.29, 1.82) is 0 Å². The van der Waals surface area contributed by atoms with Crippen LogP contribution in [0, 0.1) is 87.3 Å². The zero-order valence-corrected chi connectivity index (χ0v) is 24.8. The fourth-order valence-electron chi connectivity index (χ4n) is 4.57. The van der Waals surface area contributed by atoms with Crippen LogP contribution in [0.4, 0.5) is 65.9 Å². The lowest BCUT2D eigenvalue weighted by atomic mass is 9.98. The average Bonchev–Trinajstić information content (AvgIpc) is 3.13. The molecule has 0 saturated carbocycles. The highest BCUT2D eigenvalue weighted by Gasteiger charge is 2.42. The van der Waals surface area contributed by atoms with Gasteiger partial charge in [-0.2, -0.15) is 8.78 Å². The number of hydrogen-bond acceptors (Lipinski definition) is 2. The van der Waals surface area contributed by atoms with Crippen molar-refractivity contribution < 1.29 is 75.1 Å². The Bertz CT molecular complexity index is 1940. The summed E-state index contributed by atoms with van der Waals surface area (Å²) in [6.45, 7) is 0. The van der Waals surface area contributed by atoms with E-state index in [-0.39, 0.29) is 5.56 Å². The van der Waals surface area contributed by atoms with Gasteiger partial charge in [-0.3, -0.25) is 0 Å². The second-order valence-electron chi connectivity index (χ2n) is 9.92. The van der Waals surface area contributed by atoms with E-state index in [1.165, 1.54) is 36.4 Å². The Hall–Kier alpha value is -4.76. The van der Waals surface area contributed by atoms with Gasteiger partial charge >= 0.3 is 0 Å². The Morgan fingerprint density at radius 2 is 0.620 bits per heavy atom. The van der Waals surface area contributed by atoms with E-state index in [0.717, 1.165) is 24.3 Å². The van der Waals surface area contributed by atoms with Gasteiger partial charge in [-0.05, 0) is 11.1 Å². The predicted molar refractivity (Wildman–Crippen MR) is 145 cm³/mol. The Labute approximate surface area is 271 Å². The van der Waals surface area contributed by atoms with E-state index in [4.69, 9.17) is 9.26 Å². The third-order valence-electron chi connectivity index (χ3n) is 6.94. The van der Waals surface area contributed by atoms with Crippen molar-refractivity contribution >= 4 is 18.8 Å². The third-order valence-corrected chi connectivity index (χ3v) is 8.98. The van der Waals surface area contributed by atoms with Crippen LogP contribution in [0.1, 0.15) is 23.3 Å². The molecule has 5 aromatic carbocycles. The van der Waals surface area contributed by atoms with E-state index < -0.39 is 130 Å². The quantitative estimate of drug-likeness (QED) is 0.0648. The molecular formula is C32H12F15O2P. The van der Waals surface area contributed by atoms with Crippen LogP contribution in [0.25, 0.3) is 0 Å². The highest BCUT2D eigenvalue weighted by atomic mass is 31.1. The molecule has 2 atom stereocenters. The highest BCUT2D eigenvalue weighted by Crippen LogP contribution is 2.50. The molecule has 0 unspecified atom stereocenters. The fraction of sp³-hybridized carbons (Fsp3) is 0.0625. The monoisotopic (exact) mass is 744 g/mol. The van der Waals surface area contributed by atoms with Crippen LogP contribution in [0.5, 0.6) is 5.75 Å². The molecule has 0 aliphatic rings. The molecule has 0 radical (unpaired) electrons. The Kier molecular flexibility index (Phi) is 10.4. The lowest BCUT2D eigenvalue weighted by molar-refractivity contribution is 0.0546. The second kappa shape index (κ2) is 14.2. The number of halogens is 15. The molecule has 5 aromatic rings. The first-order valence-electron chi connectivity index (χ1n) is 13.4. The first-order chi connectivity index (χ1) is 23.6. The molecular weight excluding hydrogens is 732 g/mol. The van der Waals surface area contributed by atoms with Gasteiger partial charge in [0.15, 0.2) is 58.4 Å². The van der Waals surface area contributed by atoms with E-state index in [1.807, 2.05) is 0 Å². The van der Waals surface area contributed by atoms with Crippen LogP contribution in [-0.4, -0.2) is 0 Å². The topological polar surface area (TPSA) is 18.5 Å². The molecule has 18 heteroatoms. The summed E-state index contributed by atoms with van der Waals surface area (Å²) in [5.74, 6) is -42.8. The number of ether oxygens (including phenoxy) is 1. The fourth-order valence-corrected chi connectivity index (χ4v) is 6.57. The SMILES string of the molecule is Fc1c(F)c(F)c(O[C@H](c2ccccc2)[C@H](OP(c2c(F)c(F)c(F)c(F)c2F)c2c(F)c(F)c(F)c(F)c2F)c2ccccc2)c(F)c1F. The van der Waals surface area contributed by atoms with Crippen molar-refractivity contribution in [3.8, 4) is 5.75 Å². The largest absolute Gasteiger partial charge is 0.476 e. The molecule has 262 valence electrons. The van der Waals surface area contributed by atoms with Gasteiger partial charge < -0.3 is 9.26 Å². The summed E-state index contributed by atoms with van der Waals surface area (Å²) < 4.78 is 230. The van der Waals surface area contributed by atoms with Crippen LogP contribution in [0.3, 0.4) is 0 Å². The molecule has 0 fully saturated rings. The molecule has 0 aliphatic heterocycles. The standard InChI is InChI=1S/C32H12F15O2P/c33-13-16(36)22(42)30(23(43)17(13)37)48-28(11-7-3-1-4-8-11)29(12-9-5-2-6-10-12)49-50(31-24(44)18(38)14(34)19(39)25(31)45)32-26(46)20(40)15(35)21(41)27(32)47/h1-10,28-29H/t28-,29-/m1/s1. The number of hydrogen-bond donors (Lipinski definition) is 0. The smallest absolute Gasteiger partial charge is 0.207 e. The zero-order chi connectivity index (χ0) is 36.8. The van der Waals surface area contributed by atoms with Gasteiger partial charge in [0, 0.05) is 0 Å². The lowest BCUT2D eigenvalue weighted by Crippen LogP contribution is -2.31. The van der Waals surface area contributed by atoms with Crippen LogP contribution in [-0.2, 0) is 4.52 Å². The van der Waals surface area contributed by atoms with Crippen LogP contribution in [0.2, 0.25) is 0 Å². The number of benzene rings is 5. The molecule has 5 rings (SSSR count). The maximum atomic E-state index is 15.3. The molecule has 0 saturated heterocycles. The summed E-state index contributed by atoms with van der Waals surface area (Å²) in [6, 6.07) is 11.5. The zero-order valence-electron chi connectivity index (χ0n) is 23.9. The van der Waals surface area contributed by atoms with Crippen molar-refractivity contribution in [3.63, 3.8) is 0 Å². The Morgan fingerprint density at radius 1 is 0.340 bits per heavy atom. The van der Waals surface area contributed by atoms with Crippen molar-refractivity contribution in [1.82, 2.24) is 0 Å². The normalized spacial score (nSPS) is 12.8. The number of rotatable bonds is 9. The summed E-state index contributed by atoms with van der Waals surface area (Å²) in [5.41, 5.74) is -0.777. The van der Waals surface area contributed by atoms with Crippen molar-refractivity contribution in [3.05, 3.63) is 159 Å². The lowest BCUT2D eigenvalue weighted by Gasteiger charge is -2.33. The van der Waals surface area contributed by atoms with Gasteiger partial charge in [0.2, 0.25) is 40.7 Å². The molecule has 0 bridgehead atoms. The van der Waals surface area contributed by atoms with Crippen molar-refractivity contribution in [2.24, 2.45) is 0 Å². The summed E-state index contributed by atoms with van der Waals surface area (Å²) >= 11 is 0. The Morgan fingerprint density at radius 3 is 0.960 bits per heavy atom. The van der Waals surface area contributed by atoms with Gasteiger partial charge in [0.1, 0.15) is 14.3 Å². The summed E-state index contributed by atoms with van der Waals surface area (Å²) in [5, 5.41) is -4.49. The van der Waals surface area contributed by atoms with E-state index in [2.05, 4.69) is 0 Å². The molecule has 2 nitrogen and oxygen atoms in total. The van der Waals surface area contributed by atoms with Gasteiger partial charge in [-0.15, -0.1) is 0 Å². The summed E-state index contributed by atoms with van der Waals surface area (Å²) in [7, 11) is -4.49. The molecule has 0 aliphatic carbocycles. The van der Waals surface area contributed by atoms with Crippen LogP contribution >= 0.6 is 8.15 Å². The molecule has 0 heterocycles. The van der Waals surface area contributed by atoms with Gasteiger partial charge in [-0.25, -0.2) is 57.1 Å². The molecule has 0 N–H and O–H groups in total. The highest BCUT2D eigenvalue weighted by molar-refractivity contribution is 7.68. The van der Waals surface area contributed by atoms with Crippen molar-refractivity contribution in [2.45, 2.75) is 12.2 Å². The third kappa shape index (κ3) is 6.23. The second-order valence-corrected chi connectivity index (χ2v) is 11.6. The minimum absolute atomic E-state index is 0.366. The minimum Gasteiger partial charge on any atom is -0.476 e. The molecule has 50 heavy (non-hydrogen) atoms. The predicted octanol–water partition coefficient (Wildman–Crippen LogP) is 9.70. The van der Waals surface area contributed by atoms with Gasteiger partial charge in [-0.1, -0.05) is 60.7 Å². The summed E-state index contributed by atoms with van der Waals surface area (Å²) in [6.07, 6.45) is -4.76. The van der Waals surface area contributed by atoms with E-state index in [1.54, 1.807) is 0 Å². The first kappa shape index (κ1) is 36.5. The van der Waals surface area contributed by atoms with E-state index in [0.29, 0.717) is 0 Å². The molecule has 0 amide bonds. The van der Waals surface area contributed by atoms with Gasteiger partial charge in [0.05, 0.1) is 10.6 Å². The van der Waals surface area contributed by atoms with E-state index in [9.17, 15) is 48.3 Å². The maximum Gasteiger partial charge on any atom is 0.207 e. The first-order valence-corrected chi connectivity index (χ1v) is 14.6.